The van der Waals surface area contributed by atoms with Crippen LogP contribution in [0.2, 0.25) is 0 Å². The van der Waals surface area contributed by atoms with E-state index in [9.17, 15) is 9.90 Å². The second-order valence-corrected chi connectivity index (χ2v) is 6.77. The van der Waals surface area contributed by atoms with Crippen LogP contribution in [0.3, 0.4) is 0 Å². The van der Waals surface area contributed by atoms with Crippen molar-refractivity contribution in [3.63, 3.8) is 0 Å². The van der Waals surface area contributed by atoms with E-state index in [2.05, 4.69) is 29.0 Å². The molecule has 1 saturated heterocycles. The minimum atomic E-state index is -0.769. The van der Waals surface area contributed by atoms with Crippen molar-refractivity contribution in [3.8, 4) is 0 Å². The molecule has 2 unspecified atom stereocenters. The lowest BCUT2D eigenvalue weighted by Gasteiger charge is -2.29. The predicted molar refractivity (Wildman–Crippen MR) is 84.6 cm³/mol. The number of carboxylic acid groups (broad SMARTS) is 1. The molecule has 2 aliphatic rings. The number of nitrogens with one attached hydrogen (secondary N) is 1. The first-order chi connectivity index (χ1) is 9.98. The lowest BCUT2D eigenvalue weighted by molar-refractivity contribution is -0.144. The maximum Gasteiger partial charge on any atom is 0.323 e. The first kappa shape index (κ1) is 16.7. The Morgan fingerprint density at radius 3 is 2.52 bits per heavy atom. The maximum atomic E-state index is 11.6. The first-order valence-corrected chi connectivity index (χ1v) is 8.46. The third-order valence-corrected chi connectivity index (χ3v) is 5.08. The van der Waals surface area contributed by atoms with E-state index in [0.717, 1.165) is 45.6 Å². The van der Waals surface area contributed by atoms with Gasteiger partial charge in [0, 0.05) is 25.2 Å². The van der Waals surface area contributed by atoms with Crippen LogP contribution >= 0.6 is 0 Å². The SMILES string of the molecule is CCN(CC)C1CCN(CCC(C)(NC2CC2)C(=O)O)C1. The third kappa shape index (κ3) is 4.41. The molecule has 2 fully saturated rings. The second-order valence-electron chi connectivity index (χ2n) is 6.77. The summed E-state index contributed by atoms with van der Waals surface area (Å²) >= 11 is 0. The molecule has 2 N–H and O–H groups in total. The summed E-state index contributed by atoms with van der Waals surface area (Å²) < 4.78 is 0. The summed E-state index contributed by atoms with van der Waals surface area (Å²) in [5, 5.41) is 12.8. The van der Waals surface area contributed by atoms with Crippen molar-refractivity contribution in [2.45, 2.75) is 64.1 Å². The smallest absolute Gasteiger partial charge is 0.323 e. The largest absolute Gasteiger partial charge is 0.480 e. The van der Waals surface area contributed by atoms with Gasteiger partial charge in [-0.1, -0.05) is 13.8 Å². The van der Waals surface area contributed by atoms with Crippen molar-refractivity contribution >= 4 is 5.97 Å². The van der Waals surface area contributed by atoms with Crippen molar-refractivity contribution in [1.82, 2.24) is 15.1 Å². The molecule has 1 aliphatic carbocycles. The van der Waals surface area contributed by atoms with Crippen LogP contribution < -0.4 is 5.32 Å². The van der Waals surface area contributed by atoms with E-state index in [-0.39, 0.29) is 0 Å². The Morgan fingerprint density at radius 2 is 2.00 bits per heavy atom. The highest BCUT2D eigenvalue weighted by atomic mass is 16.4. The fourth-order valence-corrected chi connectivity index (χ4v) is 3.35. The van der Waals surface area contributed by atoms with Crippen LogP contribution in [0, 0.1) is 0 Å². The third-order valence-electron chi connectivity index (χ3n) is 5.08. The van der Waals surface area contributed by atoms with E-state index in [0.29, 0.717) is 18.5 Å². The van der Waals surface area contributed by atoms with Gasteiger partial charge in [0.05, 0.1) is 0 Å². The zero-order chi connectivity index (χ0) is 15.5. The number of nitrogens with zero attached hydrogens (tertiary/aromatic N) is 2. The Kier molecular flexibility index (Phi) is 5.63. The van der Waals surface area contributed by atoms with E-state index in [1.54, 1.807) is 0 Å². The fourth-order valence-electron chi connectivity index (χ4n) is 3.35. The number of carboxylic acids is 1. The van der Waals surface area contributed by atoms with E-state index in [4.69, 9.17) is 0 Å². The van der Waals surface area contributed by atoms with E-state index in [1.165, 1.54) is 6.42 Å². The summed E-state index contributed by atoms with van der Waals surface area (Å²) in [4.78, 5) is 16.5. The molecule has 0 aromatic heterocycles. The summed E-state index contributed by atoms with van der Waals surface area (Å²) in [5.41, 5.74) is -0.769. The molecule has 0 aromatic carbocycles. The van der Waals surface area contributed by atoms with Crippen LogP contribution in [0.4, 0.5) is 0 Å². The molecule has 0 spiro atoms. The highest BCUT2D eigenvalue weighted by Gasteiger charge is 2.39. The molecule has 2 rings (SSSR count). The highest BCUT2D eigenvalue weighted by Crippen LogP contribution is 2.25. The second kappa shape index (κ2) is 7.07. The lowest BCUT2D eigenvalue weighted by atomic mass is 9.97. The molecule has 21 heavy (non-hydrogen) atoms. The van der Waals surface area contributed by atoms with Gasteiger partial charge >= 0.3 is 5.97 Å². The molecule has 0 bridgehead atoms. The number of hydrogen-bond acceptors (Lipinski definition) is 4. The van der Waals surface area contributed by atoms with Gasteiger partial charge in [-0.05, 0) is 52.2 Å². The molecule has 0 radical (unpaired) electrons. The van der Waals surface area contributed by atoms with Crippen molar-refractivity contribution in [3.05, 3.63) is 0 Å². The van der Waals surface area contributed by atoms with E-state index < -0.39 is 11.5 Å². The Balaban J connectivity index is 1.80. The molecule has 1 heterocycles. The number of likely N-dealkylation sites (tertiary alicyclic amines) is 1. The molecule has 2 atom stereocenters. The van der Waals surface area contributed by atoms with Crippen LogP contribution in [-0.4, -0.2) is 71.2 Å². The molecule has 122 valence electrons. The summed E-state index contributed by atoms with van der Waals surface area (Å²) in [6.07, 6.45) is 4.14. The Bertz CT molecular complexity index is 355. The fraction of sp³-hybridized carbons (Fsp3) is 0.938. The molecule has 1 saturated carbocycles. The van der Waals surface area contributed by atoms with Crippen LogP contribution in [0.5, 0.6) is 0 Å². The topological polar surface area (TPSA) is 55.8 Å². The molecule has 5 heteroatoms. The quantitative estimate of drug-likeness (QED) is 0.673. The normalized spacial score (nSPS) is 26.2. The van der Waals surface area contributed by atoms with Gasteiger partial charge in [0.1, 0.15) is 5.54 Å². The number of rotatable bonds is 9. The van der Waals surface area contributed by atoms with Gasteiger partial charge in [-0.3, -0.25) is 15.0 Å². The van der Waals surface area contributed by atoms with Crippen LogP contribution in [0.15, 0.2) is 0 Å². The summed E-state index contributed by atoms with van der Waals surface area (Å²) in [6.45, 7) is 11.5. The number of carbonyl (C=O) groups is 1. The highest BCUT2D eigenvalue weighted by molar-refractivity contribution is 5.78. The average molecular weight is 297 g/mol. The van der Waals surface area contributed by atoms with Crippen LogP contribution in [0.1, 0.15) is 46.5 Å². The first-order valence-electron chi connectivity index (χ1n) is 8.46. The number of aliphatic carboxylic acids is 1. The monoisotopic (exact) mass is 297 g/mol. The molecule has 5 nitrogen and oxygen atoms in total. The van der Waals surface area contributed by atoms with Gasteiger partial charge < -0.3 is 10.0 Å². The number of likely N-dealkylation sites (N-methyl/N-ethyl adjacent to an activating group) is 1. The van der Waals surface area contributed by atoms with Crippen LogP contribution in [0.25, 0.3) is 0 Å². The Morgan fingerprint density at radius 1 is 1.33 bits per heavy atom. The molecule has 0 aromatic rings. The average Bonchev–Trinajstić information content (AvgIpc) is 3.13. The van der Waals surface area contributed by atoms with E-state index in [1.807, 2.05) is 6.92 Å². The summed E-state index contributed by atoms with van der Waals surface area (Å²) in [5.74, 6) is -0.714. The maximum absolute atomic E-state index is 11.6. The minimum Gasteiger partial charge on any atom is -0.480 e. The van der Waals surface area contributed by atoms with Crippen molar-refractivity contribution in [1.29, 1.82) is 0 Å². The Labute approximate surface area is 128 Å². The van der Waals surface area contributed by atoms with Crippen molar-refractivity contribution in [2.24, 2.45) is 0 Å². The van der Waals surface area contributed by atoms with Crippen molar-refractivity contribution < 1.29 is 9.90 Å². The van der Waals surface area contributed by atoms with Gasteiger partial charge in [0.2, 0.25) is 0 Å². The van der Waals surface area contributed by atoms with Crippen molar-refractivity contribution in [2.75, 3.05) is 32.7 Å². The zero-order valence-electron chi connectivity index (χ0n) is 13.8. The van der Waals surface area contributed by atoms with E-state index >= 15 is 0 Å². The molecule has 0 amide bonds. The predicted octanol–water partition coefficient (Wildman–Crippen LogP) is 1.39. The molecule has 1 aliphatic heterocycles. The van der Waals surface area contributed by atoms with Gasteiger partial charge in [-0.2, -0.15) is 0 Å². The minimum absolute atomic E-state index is 0.424. The molecular formula is C16H31N3O2. The van der Waals surface area contributed by atoms with Gasteiger partial charge in [0.25, 0.3) is 0 Å². The van der Waals surface area contributed by atoms with Crippen LogP contribution in [-0.2, 0) is 4.79 Å². The van der Waals surface area contributed by atoms with Gasteiger partial charge in [-0.25, -0.2) is 0 Å². The van der Waals surface area contributed by atoms with Gasteiger partial charge in [-0.15, -0.1) is 0 Å². The Hall–Kier alpha value is -0.650. The summed E-state index contributed by atoms with van der Waals surface area (Å²) in [6, 6.07) is 1.07. The number of hydrogen-bond donors (Lipinski definition) is 2. The summed E-state index contributed by atoms with van der Waals surface area (Å²) in [7, 11) is 0. The van der Waals surface area contributed by atoms with Gasteiger partial charge in [0.15, 0.2) is 0 Å². The molecular weight excluding hydrogens is 266 g/mol. The zero-order valence-corrected chi connectivity index (χ0v) is 13.8. The lowest BCUT2D eigenvalue weighted by Crippen LogP contribution is -2.52. The standard InChI is InChI=1S/C16H31N3O2/c1-4-19(5-2)14-8-10-18(12-14)11-9-16(3,15(20)21)17-13-6-7-13/h13-14,17H,4-12H2,1-3H3,(H,20,21).